The van der Waals surface area contributed by atoms with Gasteiger partial charge in [-0.25, -0.2) is 9.18 Å². The Morgan fingerprint density at radius 1 is 1.44 bits per heavy atom. The van der Waals surface area contributed by atoms with Crippen molar-refractivity contribution in [1.82, 2.24) is 0 Å². The molecule has 0 heterocycles. The molecule has 0 aliphatic heterocycles. The molecule has 4 nitrogen and oxygen atoms in total. The van der Waals surface area contributed by atoms with Gasteiger partial charge in [0, 0.05) is 19.8 Å². The molecule has 1 aromatic rings. The number of aromatic carboxylic acids is 1. The van der Waals surface area contributed by atoms with Gasteiger partial charge in [-0.05, 0) is 25.0 Å². The van der Waals surface area contributed by atoms with Crippen LogP contribution in [0.5, 0.6) is 0 Å². The Balaban J connectivity index is 2.47. The Morgan fingerprint density at radius 2 is 2.22 bits per heavy atom. The molecule has 0 aromatic heterocycles. The van der Waals surface area contributed by atoms with E-state index in [1.54, 1.807) is 6.07 Å². The van der Waals surface area contributed by atoms with Crippen molar-refractivity contribution in [3.05, 3.63) is 29.6 Å². The zero-order valence-corrected chi connectivity index (χ0v) is 10.4. The lowest BCUT2D eigenvalue weighted by Gasteiger charge is -2.10. The van der Waals surface area contributed by atoms with Gasteiger partial charge in [0.15, 0.2) is 0 Å². The van der Waals surface area contributed by atoms with Gasteiger partial charge in [-0.15, -0.1) is 0 Å². The summed E-state index contributed by atoms with van der Waals surface area (Å²) in [7, 11) is 0. The maximum Gasteiger partial charge on any atom is 0.340 e. The van der Waals surface area contributed by atoms with Crippen LogP contribution in [0.3, 0.4) is 0 Å². The van der Waals surface area contributed by atoms with Crippen LogP contribution in [0, 0.1) is 5.82 Å². The lowest BCUT2D eigenvalue weighted by Crippen LogP contribution is -2.11. The highest BCUT2D eigenvalue weighted by Gasteiger charge is 2.14. The van der Waals surface area contributed by atoms with Gasteiger partial charge in [-0.1, -0.05) is 13.0 Å². The molecular weight excluding hydrogens is 237 g/mol. The monoisotopic (exact) mass is 255 g/mol. The predicted molar refractivity (Wildman–Crippen MR) is 67.6 cm³/mol. The van der Waals surface area contributed by atoms with E-state index in [1.807, 2.05) is 6.92 Å². The number of ether oxygens (including phenoxy) is 1. The number of anilines is 1. The smallest absolute Gasteiger partial charge is 0.340 e. The Hall–Kier alpha value is -1.62. The third kappa shape index (κ3) is 4.33. The second-order valence-electron chi connectivity index (χ2n) is 3.86. The lowest BCUT2D eigenvalue weighted by atomic mass is 10.1. The molecule has 0 amide bonds. The first-order chi connectivity index (χ1) is 8.66. The zero-order valence-electron chi connectivity index (χ0n) is 10.4. The number of hydrogen-bond acceptors (Lipinski definition) is 3. The van der Waals surface area contributed by atoms with E-state index >= 15 is 0 Å². The van der Waals surface area contributed by atoms with E-state index in [1.165, 1.54) is 6.07 Å². The van der Waals surface area contributed by atoms with Gasteiger partial charge >= 0.3 is 5.97 Å². The van der Waals surface area contributed by atoms with Gasteiger partial charge in [0.2, 0.25) is 0 Å². The molecular formula is C13H18FNO3. The van der Waals surface area contributed by atoms with Crippen molar-refractivity contribution in [3.63, 3.8) is 0 Å². The van der Waals surface area contributed by atoms with Crippen LogP contribution < -0.4 is 5.32 Å². The molecule has 1 aromatic carbocycles. The summed E-state index contributed by atoms with van der Waals surface area (Å²) in [5, 5.41) is 11.8. The fourth-order valence-electron chi connectivity index (χ4n) is 1.53. The van der Waals surface area contributed by atoms with Crippen LogP contribution in [0.2, 0.25) is 0 Å². The molecule has 0 aliphatic carbocycles. The van der Waals surface area contributed by atoms with Gasteiger partial charge in [-0.3, -0.25) is 0 Å². The molecule has 1 rings (SSSR count). The number of halogens is 1. The van der Waals surface area contributed by atoms with Gasteiger partial charge in [0.05, 0.1) is 5.69 Å². The zero-order chi connectivity index (χ0) is 13.4. The summed E-state index contributed by atoms with van der Waals surface area (Å²) in [4.78, 5) is 10.9. The predicted octanol–water partition coefficient (Wildman–Crippen LogP) is 2.75. The van der Waals surface area contributed by atoms with Crippen LogP contribution >= 0.6 is 0 Å². The van der Waals surface area contributed by atoms with E-state index in [0.29, 0.717) is 18.8 Å². The molecule has 0 spiro atoms. The van der Waals surface area contributed by atoms with Crippen molar-refractivity contribution in [3.8, 4) is 0 Å². The molecule has 18 heavy (non-hydrogen) atoms. The summed E-state index contributed by atoms with van der Waals surface area (Å²) in [5.41, 5.74) is -0.00929. The molecule has 0 unspecified atom stereocenters. The fourth-order valence-corrected chi connectivity index (χ4v) is 1.53. The third-order valence-electron chi connectivity index (χ3n) is 2.36. The summed E-state index contributed by atoms with van der Waals surface area (Å²) in [5.74, 6) is -1.99. The summed E-state index contributed by atoms with van der Waals surface area (Å²) >= 11 is 0. The summed E-state index contributed by atoms with van der Waals surface area (Å²) in [6.45, 7) is 3.91. The Kier molecular flexibility index (Phi) is 6.14. The van der Waals surface area contributed by atoms with Gasteiger partial charge in [-0.2, -0.15) is 0 Å². The van der Waals surface area contributed by atoms with E-state index in [-0.39, 0.29) is 5.56 Å². The summed E-state index contributed by atoms with van der Waals surface area (Å²) in [6.07, 6.45) is 1.72. The SMILES string of the molecule is CCCOCCCNc1cccc(F)c1C(=O)O. The first-order valence-corrected chi connectivity index (χ1v) is 6.00. The second-order valence-corrected chi connectivity index (χ2v) is 3.86. The summed E-state index contributed by atoms with van der Waals surface area (Å²) < 4.78 is 18.6. The highest BCUT2D eigenvalue weighted by molar-refractivity contribution is 5.94. The number of carbonyl (C=O) groups is 1. The van der Waals surface area contributed by atoms with Gasteiger partial charge in [0.25, 0.3) is 0 Å². The average Bonchev–Trinajstić information content (AvgIpc) is 2.33. The fraction of sp³-hybridized carbons (Fsp3) is 0.462. The van der Waals surface area contributed by atoms with Crippen molar-refractivity contribution < 1.29 is 19.0 Å². The maximum atomic E-state index is 13.3. The number of nitrogens with one attached hydrogen (secondary N) is 1. The number of rotatable bonds is 8. The molecule has 0 atom stereocenters. The van der Waals surface area contributed by atoms with Crippen LogP contribution in [-0.2, 0) is 4.74 Å². The topological polar surface area (TPSA) is 58.6 Å². The lowest BCUT2D eigenvalue weighted by molar-refractivity contribution is 0.0693. The highest BCUT2D eigenvalue weighted by atomic mass is 19.1. The van der Waals surface area contributed by atoms with Crippen LogP contribution in [-0.4, -0.2) is 30.8 Å². The molecule has 2 N–H and O–H groups in total. The van der Waals surface area contributed by atoms with Gasteiger partial charge < -0.3 is 15.2 Å². The first kappa shape index (κ1) is 14.4. The van der Waals surface area contributed by atoms with Crippen LogP contribution in [0.1, 0.15) is 30.1 Å². The minimum absolute atomic E-state index is 0.304. The minimum Gasteiger partial charge on any atom is -0.478 e. The van der Waals surface area contributed by atoms with E-state index in [4.69, 9.17) is 9.84 Å². The molecule has 0 radical (unpaired) electrons. The second kappa shape index (κ2) is 7.66. The largest absolute Gasteiger partial charge is 0.478 e. The number of carboxylic acid groups (broad SMARTS) is 1. The normalized spacial score (nSPS) is 10.3. The molecule has 100 valence electrons. The van der Waals surface area contributed by atoms with Crippen molar-refractivity contribution in [2.45, 2.75) is 19.8 Å². The minimum atomic E-state index is -1.27. The third-order valence-corrected chi connectivity index (χ3v) is 2.36. The molecule has 0 saturated carbocycles. The molecule has 5 heteroatoms. The molecule has 0 aliphatic rings. The van der Waals surface area contributed by atoms with Crippen molar-refractivity contribution in [2.75, 3.05) is 25.1 Å². The number of carboxylic acids is 1. The molecule has 0 bridgehead atoms. The van der Waals surface area contributed by atoms with E-state index in [0.717, 1.165) is 25.5 Å². The number of hydrogen-bond donors (Lipinski definition) is 2. The molecule has 0 fully saturated rings. The van der Waals surface area contributed by atoms with Crippen molar-refractivity contribution >= 4 is 11.7 Å². The average molecular weight is 255 g/mol. The Labute approximate surface area is 106 Å². The maximum absolute atomic E-state index is 13.3. The van der Waals surface area contributed by atoms with Crippen molar-refractivity contribution in [2.24, 2.45) is 0 Å². The quantitative estimate of drug-likeness (QED) is 0.701. The Morgan fingerprint density at radius 3 is 2.89 bits per heavy atom. The first-order valence-electron chi connectivity index (χ1n) is 6.00. The van der Waals surface area contributed by atoms with Crippen LogP contribution in [0.4, 0.5) is 10.1 Å². The highest BCUT2D eigenvalue weighted by Crippen LogP contribution is 2.18. The van der Waals surface area contributed by atoms with E-state index < -0.39 is 11.8 Å². The Bertz CT molecular complexity index is 396. The van der Waals surface area contributed by atoms with E-state index in [9.17, 15) is 9.18 Å². The van der Waals surface area contributed by atoms with Crippen LogP contribution in [0.25, 0.3) is 0 Å². The summed E-state index contributed by atoms with van der Waals surface area (Å²) in [6, 6.07) is 4.18. The van der Waals surface area contributed by atoms with Gasteiger partial charge in [0.1, 0.15) is 11.4 Å². The number of benzene rings is 1. The molecule has 0 saturated heterocycles. The van der Waals surface area contributed by atoms with Crippen molar-refractivity contribution in [1.29, 1.82) is 0 Å². The van der Waals surface area contributed by atoms with Crippen LogP contribution in [0.15, 0.2) is 18.2 Å². The standard InChI is InChI=1S/C13H18FNO3/c1-2-8-18-9-4-7-15-11-6-3-5-10(14)12(11)13(16)17/h3,5-6,15H,2,4,7-9H2,1H3,(H,16,17). The van der Waals surface area contributed by atoms with E-state index in [2.05, 4.69) is 5.32 Å².